The maximum Gasteiger partial charge on any atom is 0.0477 e. The standard InChI is InChI=1S/C18H30N2O/c1-4-5-11-20-12-10-18(16(13-20)14-21)15-6-8-17(9-7-15)19(2)3/h6-9,16,18,21H,4-5,10-14H2,1-3H3. The predicted octanol–water partition coefficient (Wildman–Crippen LogP) is 2.95. The summed E-state index contributed by atoms with van der Waals surface area (Å²) >= 11 is 0. The quantitative estimate of drug-likeness (QED) is 0.872. The van der Waals surface area contributed by atoms with Gasteiger partial charge < -0.3 is 14.9 Å². The molecule has 0 amide bonds. The summed E-state index contributed by atoms with van der Waals surface area (Å²) in [7, 11) is 4.13. The topological polar surface area (TPSA) is 26.7 Å². The van der Waals surface area contributed by atoms with Crippen LogP contribution in [-0.2, 0) is 0 Å². The summed E-state index contributed by atoms with van der Waals surface area (Å²) in [6.45, 7) is 5.91. The fourth-order valence-electron chi connectivity index (χ4n) is 3.34. The van der Waals surface area contributed by atoms with Crippen molar-refractivity contribution in [3.8, 4) is 0 Å². The zero-order valence-electron chi connectivity index (χ0n) is 13.8. The Morgan fingerprint density at radius 2 is 1.95 bits per heavy atom. The minimum Gasteiger partial charge on any atom is -0.396 e. The van der Waals surface area contributed by atoms with Crippen molar-refractivity contribution in [2.75, 3.05) is 45.2 Å². The van der Waals surface area contributed by atoms with Crippen molar-refractivity contribution in [1.29, 1.82) is 0 Å². The van der Waals surface area contributed by atoms with E-state index in [0.717, 1.165) is 19.5 Å². The number of likely N-dealkylation sites (tertiary alicyclic amines) is 1. The van der Waals surface area contributed by atoms with E-state index in [1.807, 2.05) is 0 Å². The number of hydrogen-bond acceptors (Lipinski definition) is 3. The monoisotopic (exact) mass is 290 g/mol. The SMILES string of the molecule is CCCCN1CCC(c2ccc(N(C)C)cc2)C(CO)C1. The molecule has 0 radical (unpaired) electrons. The fourth-order valence-corrected chi connectivity index (χ4v) is 3.34. The first kappa shape index (κ1) is 16.3. The van der Waals surface area contributed by atoms with Crippen LogP contribution in [0.25, 0.3) is 0 Å². The molecule has 1 heterocycles. The van der Waals surface area contributed by atoms with Crippen LogP contribution in [0.5, 0.6) is 0 Å². The minimum absolute atomic E-state index is 0.294. The number of rotatable bonds is 6. The molecule has 1 N–H and O–H groups in total. The van der Waals surface area contributed by atoms with Crippen molar-refractivity contribution in [2.24, 2.45) is 5.92 Å². The molecule has 1 fully saturated rings. The van der Waals surface area contributed by atoms with E-state index in [-0.39, 0.29) is 0 Å². The van der Waals surface area contributed by atoms with Crippen molar-refractivity contribution in [3.63, 3.8) is 0 Å². The summed E-state index contributed by atoms with van der Waals surface area (Å²) in [6, 6.07) is 8.86. The molecule has 0 bridgehead atoms. The first-order valence-corrected chi connectivity index (χ1v) is 8.26. The zero-order valence-corrected chi connectivity index (χ0v) is 13.8. The van der Waals surface area contributed by atoms with E-state index in [1.54, 1.807) is 0 Å². The van der Waals surface area contributed by atoms with E-state index in [0.29, 0.717) is 18.4 Å². The van der Waals surface area contributed by atoms with Gasteiger partial charge in [0.25, 0.3) is 0 Å². The molecule has 1 aliphatic heterocycles. The summed E-state index contributed by atoms with van der Waals surface area (Å²) < 4.78 is 0. The summed E-state index contributed by atoms with van der Waals surface area (Å²) in [6.07, 6.45) is 3.67. The molecule has 21 heavy (non-hydrogen) atoms. The molecule has 2 atom stereocenters. The largest absolute Gasteiger partial charge is 0.396 e. The number of aliphatic hydroxyl groups is 1. The van der Waals surface area contributed by atoms with Crippen molar-refractivity contribution in [2.45, 2.75) is 32.1 Å². The van der Waals surface area contributed by atoms with Crippen molar-refractivity contribution in [3.05, 3.63) is 29.8 Å². The molecular weight excluding hydrogens is 260 g/mol. The second-order valence-electron chi connectivity index (χ2n) is 6.48. The summed E-state index contributed by atoms with van der Waals surface area (Å²) in [5.41, 5.74) is 2.62. The van der Waals surface area contributed by atoms with Gasteiger partial charge in [0.2, 0.25) is 0 Å². The number of hydrogen-bond donors (Lipinski definition) is 1. The highest BCUT2D eigenvalue weighted by Crippen LogP contribution is 2.33. The lowest BCUT2D eigenvalue weighted by atomic mass is 9.80. The van der Waals surface area contributed by atoms with Crippen LogP contribution in [0.15, 0.2) is 24.3 Å². The van der Waals surface area contributed by atoms with E-state index in [4.69, 9.17) is 0 Å². The molecule has 3 nitrogen and oxygen atoms in total. The molecule has 0 saturated carbocycles. The van der Waals surface area contributed by atoms with Crippen molar-refractivity contribution < 1.29 is 5.11 Å². The van der Waals surface area contributed by atoms with E-state index < -0.39 is 0 Å². The Labute approximate surface area is 129 Å². The van der Waals surface area contributed by atoms with E-state index >= 15 is 0 Å². The van der Waals surface area contributed by atoms with Crippen LogP contribution in [0.1, 0.15) is 37.7 Å². The number of benzene rings is 1. The van der Waals surface area contributed by atoms with E-state index in [9.17, 15) is 5.11 Å². The molecule has 118 valence electrons. The lowest BCUT2D eigenvalue weighted by Crippen LogP contribution is -2.41. The van der Waals surface area contributed by atoms with Crippen LogP contribution >= 0.6 is 0 Å². The lowest BCUT2D eigenvalue weighted by Gasteiger charge is -2.38. The van der Waals surface area contributed by atoms with Gasteiger partial charge in [0, 0.05) is 38.9 Å². The van der Waals surface area contributed by atoms with Gasteiger partial charge in [-0.2, -0.15) is 0 Å². The second kappa shape index (κ2) is 7.81. The van der Waals surface area contributed by atoms with Gasteiger partial charge in [0.15, 0.2) is 0 Å². The first-order chi connectivity index (χ1) is 10.2. The van der Waals surface area contributed by atoms with Gasteiger partial charge in [-0.25, -0.2) is 0 Å². The number of nitrogens with zero attached hydrogens (tertiary/aromatic N) is 2. The molecule has 1 saturated heterocycles. The van der Waals surface area contributed by atoms with Crippen LogP contribution in [0.3, 0.4) is 0 Å². The molecule has 0 aromatic heterocycles. The third-order valence-electron chi connectivity index (χ3n) is 4.72. The zero-order chi connectivity index (χ0) is 15.2. The maximum absolute atomic E-state index is 9.77. The van der Waals surface area contributed by atoms with Crippen LogP contribution in [0.2, 0.25) is 0 Å². The highest BCUT2D eigenvalue weighted by molar-refractivity contribution is 5.46. The van der Waals surface area contributed by atoms with Crippen LogP contribution < -0.4 is 4.90 Å². The highest BCUT2D eigenvalue weighted by Gasteiger charge is 2.29. The Morgan fingerprint density at radius 3 is 2.52 bits per heavy atom. The number of piperidine rings is 1. The Hall–Kier alpha value is -1.06. The number of anilines is 1. The normalized spacial score (nSPS) is 23.2. The van der Waals surface area contributed by atoms with E-state index in [1.165, 1.54) is 30.6 Å². The smallest absolute Gasteiger partial charge is 0.0477 e. The van der Waals surface area contributed by atoms with Gasteiger partial charge in [-0.05, 0) is 49.5 Å². The predicted molar refractivity (Wildman–Crippen MR) is 90.1 cm³/mol. The van der Waals surface area contributed by atoms with Gasteiger partial charge in [0.1, 0.15) is 0 Å². The van der Waals surface area contributed by atoms with Gasteiger partial charge in [0.05, 0.1) is 0 Å². The molecule has 3 heteroatoms. The summed E-state index contributed by atoms with van der Waals surface area (Å²) in [4.78, 5) is 4.65. The molecule has 1 aliphatic rings. The number of unbranched alkanes of at least 4 members (excludes halogenated alkanes) is 1. The molecule has 2 unspecified atom stereocenters. The third-order valence-corrected chi connectivity index (χ3v) is 4.72. The minimum atomic E-state index is 0.294. The number of aliphatic hydroxyl groups excluding tert-OH is 1. The Balaban J connectivity index is 2.02. The van der Waals surface area contributed by atoms with Crippen molar-refractivity contribution >= 4 is 5.69 Å². The molecule has 1 aromatic rings. The summed E-state index contributed by atoms with van der Waals surface area (Å²) in [5, 5.41) is 9.77. The van der Waals surface area contributed by atoms with Crippen LogP contribution in [0.4, 0.5) is 5.69 Å². The van der Waals surface area contributed by atoms with Gasteiger partial charge >= 0.3 is 0 Å². The van der Waals surface area contributed by atoms with Gasteiger partial charge in [-0.3, -0.25) is 0 Å². The first-order valence-electron chi connectivity index (χ1n) is 8.26. The third kappa shape index (κ3) is 4.21. The second-order valence-corrected chi connectivity index (χ2v) is 6.48. The molecule has 0 spiro atoms. The Morgan fingerprint density at radius 1 is 1.24 bits per heavy atom. The average molecular weight is 290 g/mol. The van der Waals surface area contributed by atoms with Crippen LogP contribution in [-0.4, -0.2) is 50.3 Å². The van der Waals surface area contributed by atoms with E-state index in [2.05, 4.69) is 55.1 Å². The summed E-state index contributed by atoms with van der Waals surface area (Å²) in [5.74, 6) is 0.880. The maximum atomic E-state index is 9.77. The average Bonchev–Trinajstić information content (AvgIpc) is 2.52. The molecule has 2 rings (SSSR count). The van der Waals surface area contributed by atoms with Gasteiger partial charge in [-0.1, -0.05) is 25.5 Å². The lowest BCUT2D eigenvalue weighted by molar-refractivity contribution is 0.101. The Bertz CT molecular complexity index is 416. The molecular formula is C18H30N2O. The Kier molecular flexibility index (Phi) is 6.07. The van der Waals surface area contributed by atoms with Gasteiger partial charge in [-0.15, -0.1) is 0 Å². The fraction of sp³-hybridized carbons (Fsp3) is 0.667. The van der Waals surface area contributed by atoms with Crippen molar-refractivity contribution in [1.82, 2.24) is 4.90 Å². The van der Waals surface area contributed by atoms with Crippen LogP contribution in [0, 0.1) is 5.92 Å². The highest BCUT2D eigenvalue weighted by atomic mass is 16.3. The molecule has 1 aromatic carbocycles. The molecule has 0 aliphatic carbocycles.